The molecular weight excluding hydrogens is 345 g/mol. The van der Waals surface area contributed by atoms with Crippen molar-refractivity contribution in [3.8, 4) is 0 Å². The van der Waals surface area contributed by atoms with Gasteiger partial charge in [-0.1, -0.05) is 6.92 Å². The van der Waals surface area contributed by atoms with E-state index in [1.54, 1.807) is 0 Å². The molecule has 0 saturated carbocycles. The van der Waals surface area contributed by atoms with E-state index in [2.05, 4.69) is 10.0 Å². The van der Waals surface area contributed by atoms with E-state index in [1.807, 2.05) is 6.92 Å². The van der Waals surface area contributed by atoms with E-state index in [1.165, 1.54) is 22.8 Å². The van der Waals surface area contributed by atoms with Crippen LogP contribution >= 0.6 is 23.1 Å². The summed E-state index contributed by atoms with van der Waals surface area (Å²) in [6, 6.07) is 1.53. The van der Waals surface area contributed by atoms with Gasteiger partial charge in [0.25, 0.3) is 0 Å². The van der Waals surface area contributed by atoms with Gasteiger partial charge in [-0.3, -0.25) is 0 Å². The Morgan fingerprint density at radius 1 is 1.33 bits per heavy atom. The largest absolute Gasteiger partial charge is 0.441 e. The third-order valence-corrected chi connectivity index (χ3v) is 5.59. The molecule has 10 heteroatoms. The van der Waals surface area contributed by atoms with E-state index in [0.29, 0.717) is 6.54 Å². The lowest BCUT2D eigenvalue weighted by Crippen LogP contribution is -2.26. The molecular formula is C11H17F3N2O2S3. The SMILES string of the molecule is CCCNCc1cc(S(=O)(=O)NCCSC(F)(F)F)cs1. The first kappa shape index (κ1) is 18.8. The molecule has 1 aromatic heterocycles. The number of nitrogens with one attached hydrogen (secondary N) is 2. The Morgan fingerprint density at radius 2 is 2.05 bits per heavy atom. The summed E-state index contributed by atoms with van der Waals surface area (Å²) in [4.78, 5) is 0.964. The maximum absolute atomic E-state index is 11.9. The van der Waals surface area contributed by atoms with Gasteiger partial charge in [0.2, 0.25) is 10.0 Å². The zero-order valence-electron chi connectivity index (χ0n) is 11.4. The van der Waals surface area contributed by atoms with Crippen molar-refractivity contribution < 1.29 is 21.6 Å². The number of halogens is 3. The smallest absolute Gasteiger partial charge is 0.312 e. The molecule has 1 rings (SSSR count). The summed E-state index contributed by atoms with van der Waals surface area (Å²) in [5.74, 6) is -0.349. The minimum Gasteiger partial charge on any atom is -0.312 e. The predicted molar refractivity (Wildman–Crippen MR) is 80.0 cm³/mol. The zero-order chi connectivity index (χ0) is 15.9. The molecule has 0 saturated heterocycles. The number of hydrogen-bond donors (Lipinski definition) is 2. The maximum Gasteiger partial charge on any atom is 0.441 e. The summed E-state index contributed by atoms with van der Waals surface area (Å²) in [6.45, 7) is 3.19. The summed E-state index contributed by atoms with van der Waals surface area (Å²) in [5.41, 5.74) is -4.34. The molecule has 0 unspecified atom stereocenters. The fraction of sp³-hybridized carbons (Fsp3) is 0.636. The lowest BCUT2D eigenvalue weighted by Gasteiger charge is -2.06. The van der Waals surface area contributed by atoms with Crippen molar-refractivity contribution in [3.05, 3.63) is 16.3 Å². The average Bonchev–Trinajstić information content (AvgIpc) is 2.84. The standard InChI is InChI=1S/C11H17F3N2O2S3/c1-2-3-15-7-9-6-10(8-19-9)21(17,18)16-4-5-20-11(12,13)14/h6,8,15-16H,2-5,7H2,1H3. The molecule has 0 aliphatic rings. The van der Waals surface area contributed by atoms with Gasteiger partial charge in [-0.2, -0.15) is 13.2 Å². The molecule has 21 heavy (non-hydrogen) atoms. The zero-order valence-corrected chi connectivity index (χ0v) is 13.8. The summed E-state index contributed by atoms with van der Waals surface area (Å²) >= 11 is 1.06. The number of sulfonamides is 1. The van der Waals surface area contributed by atoms with Crippen molar-refractivity contribution in [2.75, 3.05) is 18.8 Å². The van der Waals surface area contributed by atoms with E-state index in [4.69, 9.17) is 0 Å². The topological polar surface area (TPSA) is 58.2 Å². The Labute approximate surface area is 130 Å². The Bertz CT molecular complexity index is 529. The van der Waals surface area contributed by atoms with E-state index in [-0.39, 0.29) is 29.0 Å². The number of thiophene rings is 1. The number of alkyl halides is 3. The van der Waals surface area contributed by atoms with Crippen molar-refractivity contribution in [1.29, 1.82) is 0 Å². The van der Waals surface area contributed by atoms with Gasteiger partial charge in [-0.15, -0.1) is 11.3 Å². The van der Waals surface area contributed by atoms with Crippen molar-refractivity contribution >= 4 is 33.1 Å². The van der Waals surface area contributed by atoms with Gasteiger partial charge in [0, 0.05) is 29.1 Å². The highest BCUT2D eigenvalue weighted by molar-refractivity contribution is 8.00. The van der Waals surface area contributed by atoms with Crippen molar-refractivity contribution in [2.24, 2.45) is 0 Å². The number of thioether (sulfide) groups is 1. The highest BCUT2D eigenvalue weighted by atomic mass is 32.2. The molecule has 0 amide bonds. The summed E-state index contributed by atoms with van der Waals surface area (Å²) in [5, 5.41) is 4.64. The lowest BCUT2D eigenvalue weighted by atomic mass is 10.4. The van der Waals surface area contributed by atoms with Crippen LogP contribution < -0.4 is 10.0 Å². The van der Waals surface area contributed by atoms with Crippen LogP contribution in [0.15, 0.2) is 16.3 Å². The van der Waals surface area contributed by atoms with Crippen LogP contribution in [0.3, 0.4) is 0 Å². The molecule has 0 aliphatic heterocycles. The summed E-state index contributed by atoms with van der Waals surface area (Å²) in [7, 11) is -3.74. The Hall–Kier alpha value is -0.290. The van der Waals surface area contributed by atoms with Gasteiger partial charge in [-0.25, -0.2) is 13.1 Å². The molecule has 1 heterocycles. The van der Waals surface area contributed by atoms with Gasteiger partial charge >= 0.3 is 5.51 Å². The van der Waals surface area contributed by atoms with Crippen molar-refractivity contribution in [1.82, 2.24) is 10.0 Å². The third kappa shape index (κ3) is 7.50. The Morgan fingerprint density at radius 3 is 2.67 bits per heavy atom. The van der Waals surface area contributed by atoms with Gasteiger partial charge in [-0.05, 0) is 30.8 Å². The van der Waals surface area contributed by atoms with Crippen LogP contribution in [0.4, 0.5) is 13.2 Å². The highest BCUT2D eigenvalue weighted by Gasteiger charge is 2.27. The monoisotopic (exact) mass is 362 g/mol. The van der Waals surface area contributed by atoms with E-state index in [9.17, 15) is 21.6 Å². The number of hydrogen-bond acceptors (Lipinski definition) is 5. The molecule has 1 aromatic rings. The van der Waals surface area contributed by atoms with Gasteiger partial charge < -0.3 is 5.32 Å². The first-order valence-corrected chi connectivity index (χ1v) is 9.58. The molecule has 0 aromatic carbocycles. The summed E-state index contributed by atoms with van der Waals surface area (Å²) in [6.07, 6.45) is 0.981. The van der Waals surface area contributed by atoms with Crippen LogP contribution in [0.25, 0.3) is 0 Å². The Kier molecular flexibility index (Phi) is 7.48. The molecule has 0 aliphatic carbocycles. The van der Waals surface area contributed by atoms with Crippen LogP contribution in [0.5, 0.6) is 0 Å². The van der Waals surface area contributed by atoms with Gasteiger partial charge in [0.1, 0.15) is 0 Å². The molecule has 0 bridgehead atoms. The maximum atomic E-state index is 11.9. The van der Waals surface area contributed by atoms with E-state index >= 15 is 0 Å². The van der Waals surface area contributed by atoms with Crippen molar-refractivity contribution in [2.45, 2.75) is 30.3 Å². The second kappa shape index (κ2) is 8.37. The van der Waals surface area contributed by atoms with Gasteiger partial charge in [0.15, 0.2) is 0 Å². The molecule has 0 atom stereocenters. The first-order chi connectivity index (χ1) is 9.74. The molecule has 4 nitrogen and oxygen atoms in total. The molecule has 122 valence electrons. The van der Waals surface area contributed by atoms with E-state index in [0.717, 1.165) is 17.8 Å². The van der Waals surface area contributed by atoms with Crippen LogP contribution in [0, 0.1) is 0 Å². The lowest BCUT2D eigenvalue weighted by molar-refractivity contribution is -0.0327. The van der Waals surface area contributed by atoms with Gasteiger partial charge in [0.05, 0.1) is 4.90 Å². The second-order valence-corrected chi connectivity index (χ2v) is 8.04. The van der Waals surface area contributed by atoms with Crippen LogP contribution in [-0.2, 0) is 16.6 Å². The minimum atomic E-state index is -4.34. The molecule has 0 fully saturated rings. The number of rotatable bonds is 9. The van der Waals surface area contributed by atoms with Crippen LogP contribution in [0.1, 0.15) is 18.2 Å². The van der Waals surface area contributed by atoms with Crippen LogP contribution in [0.2, 0.25) is 0 Å². The molecule has 2 N–H and O–H groups in total. The average molecular weight is 362 g/mol. The molecule has 0 spiro atoms. The van der Waals surface area contributed by atoms with Crippen molar-refractivity contribution in [3.63, 3.8) is 0 Å². The fourth-order valence-electron chi connectivity index (χ4n) is 1.41. The quantitative estimate of drug-likeness (QED) is 0.663. The van der Waals surface area contributed by atoms with Crippen LogP contribution in [-0.4, -0.2) is 32.8 Å². The normalized spacial score (nSPS) is 12.8. The highest BCUT2D eigenvalue weighted by Crippen LogP contribution is 2.29. The predicted octanol–water partition coefficient (Wildman–Crippen LogP) is 2.78. The third-order valence-electron chi connectivity index (χ3n) is 2.33. The first-order valence-electron chi connectivity index (χ1n) is 6.23. The Balaban J connectivity index is 2.47. The fourth-order valence-corrected chi connectivity index (χ4v) is 4.25. The second-order valence-electron chi connectivity index (χ2n) is 4.12. The molecule has 0 radical (unpaired) electrons. The van der Waals surface area contributed by atoms with E-state index < -0.39 is 15.5 Å². The summed E-state index contributed by atoms with van der Waals surface area (Å²) < 4.78 is 61.7. The minimum absolute atomic E-state index is 0.0952.